The summed E-state index contributed by atoms with van der Waals surface area (Å²) < 4.78 is 12.6. The van der Waals surface area contributed by atoms with Gasteiger partial charge < -0.3 is 29.9 Å². The van der Waals surface area contributed by atoms with Crippen LogP contribution in [0.3, 0.4) is 0 Å². The van der Waals surface area contributed by atoms with Crippen molar-refractivity contribution in [3.8, 4) is 5.75 Å². The Labute approximate surface area is 259 Å². The molecule has 1 saturated carbocycles. The molecule has 0 saturated heterocycles. The van der Waals surface area contributed by atoms with Gasteiger partial charge in [0.2, 0.25) is 11.8 Å². The van der Waals surface area contributed by atoms with Gasteiger partial charge in [-0.2, -0.15) is 0 Å². The molecule has 8 nitrogen and oxygen atoms in total. The van der Waals surface area contributed by atoms with E-state index in [4.69, 9.17) is 21.1 Å². The third kappa shape index (κ3) is 6.93. The highest BCUT2D eigenvalue weighted by Crippen LogP contribution is 2.47. The molecule has 232 valence electrons. The Morgan fingerprint density at radius 1 is 1.14 bits per heavy atom. The van der Waals surface area contributed by atoms with Crippen LogP contribution in [0.15, 0.2) is 60.2 Å². The van der Waals surface area contributed by atoms with Crippen molar-refractivity contribution in [1.82, 2.24) is 10.2 Å². The first-order valence-electron chi connectivity index (χ1n) is 15.4. The molecular formula is C34H43ClN2O6. The quantitative estimate of drug-likeness (QED) is 0.366. The van der Waals surface area contributed by atoms with E-state index >= 15 is 0 Å². The van der Waals surface area contributed by atoms with E-state index in [1.165, 1.54) is 0 Å². The molecule has 0 radical (unpaired) electrons. The Morgan fingerprint density at radius 3 is 2.60 bits per heavy atom. The lowest BCUT2D eigenvalue weighted by molar-refractivity contribution is -0.148. The second-order valence-electron chi connectivity index (χ2n) is 12.5. The van der Waals surface area contributed by atoms with Crippen LogP contribution in [0.25, 0.3) is 0 Å². The number of fused-ring (bicyclic) bond motifs is 3. The zero-order chi connectivity index (χ0) is 30.7. The SMILES string of the molecule is CC1CCC(C(C)C)C(OCC(=O)N(Cc2ccc(Cl)cc2)C2C=C(C(=O)NCCO)C3c4ccccc4OC3C2O)C1. The minimum atomic E-state index is -1.11. The molecule has 2 aliphatic carbocycles. The largest absolute Gasteiger partial charge is 0.486 e. The van der Waals surface area contributed by atoms with Crippen LogP contribution in [0.1, 0.15) is 57.1 Å². The molecule has 9 heteroatoms. The summed E-state index contributed by atoms with van der Waals surface area (Å²) in [6.45, 7) is 6.56. The van der Waals surface area contributed by atoms with Gasteiger partial charge in [0.1, 0.15) is 24.6 Å². The summed E-state index contributed by atoms with van der Waals surface area (Å²) in [6, 6.07) is 13.8. The van der Waals surface area contributed by atoms with E-state index in [1.54, 1.807) is 23.1 Å². The zero-order valence-electron chi connectivity index (χ0n) is 25.1. The fourth-order valence-corrected chi connectivity index (χ4v) is 7.03. The van der Waals surface area contributed by atoms with Crippen molar-refractivity contribution < 1.29 is 29.3 Å². The summed E-state index contributed by atoms with van der Waals surface area (Å²) in [6.07, 6.45) is 2.93. The highest BCUT2D eigenvalue weighted by molar-refractivity contribution is 6.30. The molecule has 2 amide bonds. The third-order valence-corrected chi connectivity index (χ3v) is 9.46. The molecule has 7 unspecified atom stereocenters. The number of halogens is 1. The van der Waals surface area contributed by atoms with Crippen LogP contribution in [0.2, 0.25) is 5.02 Å². The Bertz CT molecular complexity index is 1310. The summed E-state index contributed by atoms with van der Waals surface area (Å²) in [5.74, 6) is 0.790. The van der Waals surface area contributed by atoms with Gasteiger partial charge in [-0.25, -0.2) is 0 Å². The van der Waals surface area contributed by atoms with Gasteiger partial charge >= 0.3 is 0 Å². The van der Waals surface area contributed by atoms with E-state index in [0.717, 1.165) is 30.4 Å². The van der Waals surface area contributed by atoms with E-state index in [9.17, 15) is 19.8 Å². The van der Waals surface area contributed by atoms with Gasteiger partial charge in [0.15, 0.2) is 0 Å². The normalized spacial score (nSPS) is 28.0. The smallest absolute Gasteiger partial charge is 0.249 e. The highest BCUT2D eigenvalue weighted by atomic mass is 35.5. The molecular weight excluding hydrogens is 568 g/mol. The number of carbonyl (C=O) groups is 2. The van der Waals surface area contributed by atoms with Crippen molar-refractivity contribution in [1.29, 1.82) is 0 Å². The Balaban J connectivity index is 1.47. The molecule has 43 heavy (non-hydrogen) atoms. The maximum absolute atomic E-state index is 14.1. The number of ether oxygens (including phenoxy) is 2. The minimum absolute atomic E-state index is 0.0197. The average molecular weight is 611 g/mol. The topological polar surface area (TPSA) is 108 Å². The lowest BCUT2D eigenvalue weighted by Crippen LogP contribution is -2.56. The standard InChI is InChI=1S/C34H43ClN2O6/c1-20(2)24-13-8-21(3)16-29(24)42-19-30(39)37(18-22-9-11-23(35)12-10-22)27-17-26(34(41)36-14-15-38)31-25-6-4-5-7-28(25)43-33(31)32(27)40/h4-7,9-12,17,20-21,24,27,29,31-33,38,40H,8,13-16,18-19H2,1-3H3,(H,36,41). The second-order valence-corrected chi connectivity index (χ2v) is 12.9. The number of aliphatic hydroxyl groups excluding tert-OH is 2. The van der Waals surface area contributed by atoms with E-state index in [2.05, 4.69) is 26.1 Å². The third-order valence-electron chi connectivity index (χ3n) is 9.21. The highest BCUT2D eigenvalue weighted by Gasteiger charge is 2.50. The summed E-state index contributed by atoms with van der Waals surface area (Å²) in [5, 5.41) is 24.5. The molecule has 5 rings (SSSR count). The minimum Gasteiger partial charge on any atom is -0.486 e. The molecule has 1 heterocycles. The van der Waals surface area contributed by atoms with Gasteiger partial charge in [0, 0.05) is 29.2 Å². The number of hydrogen-bond donors (Lipinski definition) is 3. The van der Waals surface area contributed by atoms with Crippen LogP contribution in [-0.2, 0) is 20.9 Å². The summed E-state index contributed by atoms with van der Waals surface area (Å²) in [4.78, 5) is 29.1. The number of hydrogen-bond acceptors (Lipinski definition) is 6. The predicted octanol–water partition coefficient (Wildman–Crippen LogP) is 4.47. The molecule has 1 aliphatic heterocycles. The number of carbonyl (C=O) groups excluding carboxylic acids is 2. The molecule has 7 atom stereocenters. The summed E-state index contributed by atoms with van der Waals surface area (Å²) in [7, 11) is 0. The molecule has 0 spiro atoms. The molecule has 3 aliphatic rings. The first-order chi connectivity index (χ1) is 20.7. The van der Waals surface area contributed by atoms with Crippen molar-refractivity contribution in [3.63, 3.8) is 0 Å². The van der Waals surface area contributed by atoms with Crippen LogP contribution in [0, 0.1) is 17.8 Å². The van der Waals surface area contributed by atoms with Crippen LogP contribution in [0.4, 0.5) is 0 Å². The monoisotopic (exact) mass is 610 g/mol. The van der Waals surface area contributed by atoms with Crippen LogP contribution < -0.4 is 10.1 Å². The number of aliphatic hydroxyl groups is 2. The van der Waals surface area contributed by atoms with E-state index in [0.29, 0.717) is 34.1 Å². The van der Waals surface area contributed by atoms with Gasteiger partial charge in [0.05, 0.1) is 24.7 Å². The molecule has 0 bridgehead atoms. The summed E-state index contributed by atoms with van der Waals surface area (Å²) >= 11 is 6.14. The number of rotatable bonds is 10. The van der Waals surface area contributed by atoms with Crippen LogP contribution in [-0.4, -0.2) is 71.0 Å². The number of para-hydroxylation sites is 1. The molecule has 3 N–H and O–H groups in total. The van der Waals surface area contributed by atoms with Crippen molar-refractivity contribution in [2.24, 2.45) is 17.8 Å². The van der Waals surface area contributed by atoms with Gasteiger partial charge in [-0.05, 0) is 60.4 Å². The Morgan fingerprint density at radius 2 is 1.88 bits per heavy atom. The van der Waals surface area contributed by atoms with Crippen molar-refractivity contribution in [3.05, 3.63) is 76.3 Å². The number of amides is 2. The van der Waals surface area contributed by atoms with E-state index < -0.39 is 24.2 Å². The van der Waals surface area contributed by atoms with E-state index in [1.807, 2.05) is 36.4 Å². The van der Waals surface area contributed by atoms with Crippen molar-refractivity contribution in [2.75, 3.05) is 19.8 Å². The maximum atomic E-state index is 14.1. The first kappa shape index (κ1) is 31.5. The van der Waals surface area contributed by atoms with Crippen molar-refractivity contribution >= 4 is 23.4 Å². The molecule has 2 aromatic carbocycles. The Hall–Kier alpha value is -2.91. The second kappa shape index (κ2) is 13.8. The molecule has 2 aromatic rings. The molecule has 1 fully saturated rings. The van der Waals surface area contributed by atoms with E-state index in [-0.39, 0.29) is 44.2 Å². The zero-order valence-corrected chi connectivity index (χ0v) is 25.9. The van der Waals surface area contributed by atoms with Crippen molar-refractivity contribution in [2.45, 2.75) is 76.9 Å². The number of benzene rings is 2. The number of nitrogens with zero attached hydrogens (tertiary/aromatic N) is 1. The fourth-order valence-electron chi connectivity index (χ4n) is 6.91. The lowest BCUT2D eigenvalue weighted by Gasteiger charge is -2.41. The van der Waals surface area contributed by atoms with Crippen LogP contribution >= 0.6 is 11.6 Å². The first-order valence-corrected chi connectivity index (χ1v) is 15.8. The Kier molecular flexibility index (Phi) is 10.1. The summed E-state index contributed by atoms with van der Waals surface area (Å²) in [5.41, 5.74) is 2.03. The molecule has 0 aromatic heterocycles. The van der Waals surface area contributed by atoms with Gasteiger partial charge in [-0.3, -0.25) is 9.59 Å². The van der Waals surface area contributed by atoms with Gasteiger partial charge in [-0.1, -0.05) is 69.1 Å². The van der Waals surface area contributed by atoms with Gasteiger partial charge in [0.25, 0.3) is 0 Å². The maximum Gasteiger partial charge on any atom is 0.249 e. The fraction of sp³-hybridized carbons (Fsp3) is 0.529. The lowest BCUT2D eigenvalue weighted by atomic mass is 9.75. The predicted molar refractivity (Wildman–Crippen MR) is 165 cm³/mol. The van der Waals surface area contributed by atoms with Gasteiger partial charge in [-0.15, -0.1) is 0 Å². The number of nitrogens with one attached hydrogen (secondary N) is 1. The van der Waals surface area contributed by atoms with Crippen LogP contribution in [0.5, 0.6) is 5.75 Å². The average Bonchev–Trinajstić information content (AvgIpc) is 3.39.